The zero-order valence-corrected chi connectivity index (χ0v) is 10.5. The van der Waals surface area contributed by atoms with Crippen molar-refractivity contribution in [2.24, 2.45) is 0 Å². The number of aliphatic hydroxyl groups is 1. The predicted octanol–water partition coefficient (Wildman–Crippen LogP) is 1.17. The number of carbonyl (C=O) groups is 1. The van der Waals surface area contributed by atoms with E-state index in [1.54, 1.807) is 19.2 Å². The Kier molecular flexibility index (Phi) is 5.51. The summed E-state index contributed by atoms with van der Waals surface area (Å²) in [6.07, 6.45) is 0.446. The van der Waals surface area contributed by atoms with Crippen molar-refractivity contribution in [2.45, 2.75) is 12.5 Å². The van der Waals surface area contributed by atoms with Crippen molar-refractivity contribution in [1.82, 2.24) is 5.32 Å². The molecule has 5 nitrogen and oxygen atoms in total. The van der Waals surface area contributed by atoms with Crippen molar-refractivity contribution < 1.29 is 19.1 Å². The van der Waals surface area contributed by atoms with E-state index in [0.717, 1.165) is 0 Å². The highest BCUT2D eigenvalue weighted by atomic mass is 79.9. The average Bonchev–Trinajstić information content (AvgIpc) is 2.65. The van der Waals surface area contributed by atoms with Crippen LogP contribution in [0.3, 0.4) is 0 Å². The van der Waals surface area contributed by atoms with Gasteiger partial charge in [-0.2, -0.15) is 0 Å². The normalized spacial score (nSPS) is 12.4. The second kappa shape index (κ2) is 6.67. The molecular formula is C10H14BrNO4. The largest absolute Gasteiger partial charge is 0.444 e. The lowest BCUT2D eigenvalue weighted by Crippen LogP contribution is -2.38. The fraction of sp³-hybridized carbons (Fsp3) is 0.500. The van der Waals surface area contributed by atoms with Gasteiger partial charge in [-0.05, 0) is 34.5 Å². The first kappa shape index (κ1) is 13.2. The molecule has 0 saturated carbocycles. The highest BCUT2D eigenvalue weighted by Gasteiger charge is 2.15. The number of halogens is 1. The number of ether oxygens (including phenoxy) is 1. The highest BCUT2D eigenvalue weighted by Crippen LogP contribution is 2.14. The molecule has 0 aliphatic rings. The van der Waals surface area contributed by atoms with Gasteiger partial charge < -0.3 is 19.6 Å². The van der Waals surface area contributed by atoms with E-state index in [1.807, 2.05) is 0 Å². The number of carbonyl (C=O) groups excluding carboxylic acids is 1. The maximum atomic E-state index is 11.7. The third-order valence-electron chi connectivity index (χ3n) is 1.98. The summed E-state index contributed by atoms with van der Waals surface area (Å²) in [5.41, 5.74) is 0. The molecule has 1 amide bonds. The van der Waals surface area contributed by atoms with E-state index in [1.165, 1.54) is 0 Å². The number of aliphatic hydroxyl groups excluding tert-OH is 1. The molecule has 0 aromatic carbocycles. The van der Waals surface area contributed by atoms with Gasteiger partial charge in [-0.25, -0.2) is 0 Å². The van der Waals surface area contributed by atoms with Gasteiger partial charge in [0, 0.05) is 13.7 Å². The van der Waals surface area contributed by atoms with E-state index < -0.39 is 0 Å². The van der Waals surface area contributed by atoms with Crippen LogP contribution in [0.5, 0.6) is 0 Å². The van der Waals surface area contributed by atoms with E-state index in [0.29, 0.717) is 17.7 Å². The number of hydrogen-bond donors (Lipinski definition) is 2. The first-order valence-corrected chi connectivity index (χ1v) is 5.62. The molecule has 0 radical (unpaired) electrons. The van der Waals surface area contributed by atoms with Gasteiger partial charge in [0.1, 0.15) is 0 Å². The summed E-state index contributed by atoms with van der Waals surface area (Å²) >= 11 is 3.12. The van der Waals surface area contributed by atoms with Crippen LogP contribution >= 0.6 is 15.9 Å². The Morgan fingerprint density at radius 1 is 1.69 bits per heavy atom. The molecule has 1 heterocycles. The van der Waals surface area contributed by atoms with E-state index in [4.69, 9.17) is 14.3 Å². The average molecular weight is 292 g/mol. The Hall–Kier alpha value is -0.850. The Morgan fingerprint density at radius 2 is 2.44 bits per heavy atom. The smallest absolute Gasteiger partial charge is 0.287 e. The second-order valence-corrected chi connectivity index (χ2v) is 4.02. The topological polar surface area (TPSA) is 71.7 Å². The van der Waals surface area contributed by atoms with E-state index >= 15 is 0 Å². The van der Waals surface area contributed by atoms with Crippen LogP contribution < -0.4 is 5.32 Å². The summed E-state index contributed by atoms with van der Waals surface area (Å²) in [6.45, 7) is 0.352. The molecule has 90 valence electrons. The third-order valence-corrected chi connectivity index (χ3v) is 2.40. The zero-order valence-electron chi connectivity index (χ0n) is 8.90. The number of hydrogen-bond acceptors (Lipinski definition) is 4. The fourth-order valence-electron chi connectivity index (χ4n) is 1.25. The summed E-state index contributed by atoms with van der Waals surface area (Å²) in [7, 11) is 1.54. The van der Waals surface area contributed by atoms with Crippen LogP contribution in [0.4, 0.5) is 0 Å². The third kappa shape index (κ3) is 3.96. The molecule has 1 aromatic heterocycles. The number of methoxy groups -OCH3 is 1. The van der Waals surface area contributed by atoms with Gasteiger partial charge >= 0.3 is 0 Å². The summed E-state index contributed by atoms with van der Waals surface area (Å²) < 4.78 is 10.5. The van der Waals surface area contributed by atoms with Gasteiger partial charge in [0.25, 0.3) is 5.91 Å². The Balaban J connectivity index is 2.54. The minimum absolute atomic E-state index is 0.00381. The maximum absolute atomic E-state index is 11.7. The molecule has 1 unspecified atom stereocenters. The molecule has 0 aliphatic heterocycles. The molecule has 0 fully saturated rings. The molecule has 2 N–H and O–H groups in total. The number of amides is 1. The van der Waals surface area contributed by atoms with Crippen LogP contribution in [0.1, 0.15) is 17.0 Å². The first-order chi connectivity index (χ1) is 7.67. The molecule has 0 aliphatic carbocycles. The molecule has 1 atom stereocenters. The lowest BCUT2D eigenvalue weighted by atomic mass is 10.2. The molecule has 1 aromatic rings. The van der Waals surface area contributed by atoms with Crippen LogP contribution in [0, 0.1) is 0 Å². The van der Waals surface area contributed by atoms with Crippen LogP contribution in [-0.2, 0) is 4.74 Å². The minimum Gasteiger partial charge on any atom is -0.444 e. The summed E-state index contributed by atoms with van der Waals surface area (Å²) in [6, 6.07) is 3.00. The predicted molar refractivity (Wildman–Crippen MR) is 61.2 cm³/mol. The van der Waals surface area contributed by atoms with Crippen molar-refractivity contribution in [3.63, 3.8) is 0 Å². The Bertz CT molecular complexity index is 333. The highest BCUT2D eigenvalue weighted by molar-refractivity contribution is 9.10. The van der Waals surface area contributed by atoms with Crippen molar-refractivity contribution in [1.29, 1.82) is 0 Å². The molecule has 0 saturated heterocycles. The molecule has 0 bridgehead atoms. The van der Waals surface area contributed by atoms with Gasteiger partial charge in [-0.1, -0.05) is 0 Å². The summed E-state index contributed by atoms with van der Waals surface area (Å²) in [5, 5.41) is 11.5. The molecule has 6 heteroatoms. The molecule has 0 spiro atoms. The summed E-state index contributed by atoms with van der Waals surface area (Å²) in [4.78, 5) is 11.7. The van der Waals surface area contributed by atoms with Gasteiger partial charge in [0.2, 0.25) is 0 Å². The SMILES string of the molecule is COCC(CCO)NC(=O)c1ccc(Br)o1. The minimum atomic E-state index is -0.318. The lowest BCUT2D eigenvalue weighted by Gasteiger charge is -2.15. The van der Waals surface area contributed by atoms with Crippen molar-refractivity contribution in [3.8, 4) is 0 Å². The van der Waals surface area contributed by atoms with Crippen molar-refractivity contribution >= 4 is 21.8 Å². The molecular weight excluding hydrogens is 278 g/mol. The lowest BCUT2D eigenvalue weighted by molar-refractivity contribution is 0.0850. The van der Waals surface area contributed by atoms with Crippen LogP contribution in [-0.4, -0.2) is 37.4 Å². The monoisotopic (exact) mass is 291 g/mol. The van der Waals surface area contributed by atoms with Crippen LogP contribution in [0.25, 0.3) is 0 Å². The van der Waals surface area contributed by atoms with E-state index in [-0.39, 0.29) is 24.3 Å². The van der Waals surface area contributed by atoms with Gasteiger partial charge in [-0.15, -0.1) is 0 Å². The number of rotatable bonds is 6. The fourth-order valence-corrected chi connectivity index (χ4v) is 1.55. The van der Waals surface area contributed by atoms with Crippen molar-refractivity contribution in [2.75, 3.05) is 20.3 Å². The number of furan rings is 1. The van der Waals surface area contributed by atoms with Crippen molar-refractivity contribution in [3.05, 3.63) is 22.6 Å². The van der Waals surface area contributed by atoms with Crippen LogP contribution in [0.2, 0.25) is 0 Å². The first-order valence-electron chi connectivity index (χ1n) is 4.83. The van der Waals surface area contributed by atoms with Gasteiger partial charge in [0.05, 0.1) is 12.6 Å². The molecule has 1 rings (SSSR count). The van der Waals surface area contributed by atoms with E-state index in [2.05, 4.69) is 21.2 Å². The quantitative estimate of drug-likeness (QED) is 0.825. The standard InChI is InChI=1S/C10H14BrNO4/c1-15-6-7(4-5-13)12-10(14)8-2-3-9(11)16-8/h2-3,7,13H,4-6H2,1H3,(H,12,14). The van der Waals surface area contributed by atoms with Gasteiger partial charge in [0.15, 0.2) is 10.4 Å². The van der Waals surface area contributed by atoms with E-state index in [9.17, 15) is 4.79 Å². The van der Waals surface area contributed by atoms with Crippen LogP contribution in [0.15, 0.2) is 21.2 Å². The Labute approximate surface area is 102 Å². The summed E-state index contributed by atoms with van der Waals surface area (Å²) in [5.74, 6) is -0.0906. The maximum Gasteiger partial charge on any atom is 0.287 e. The zero-order chi connectivity index (χ0) is 12.0. The second-order valence-electron chi connectivity index (χ2n) is 3.24. The van der Waals surface area contributed by atoms with Gasteiger partial charge in [-0.3, -0.25) is 4.79 Å². The molecule has 16 heavy (non-hydrogen) atoms. The number of nitrogens with one attached hydrogen (secondary N) is 1. The Morgan fingerprint density at radius 3 is 2.94 bits per heavy atom.